The average Bonchev–Trinajstić information content (AvgIpc) is 3.02. The second-order valence-electron chi connectivity index (χ2n) is 5.15. The number of hydrogen-bond acceptors (Lipinski definition) is 5. The van der Waals surface area contributed by atoms with Crippen LogP contribution in [0, 0.1) is 0 Å². The summed E-state index contributed by atoms with van der Waals surface area (Å²) >= 11 is 6.72. The molecule has 1 fully saturated rings. The molecule has 1 aromatic carbocycles. The molecule has 0 unspecified atom stereocenters. The number of morpholine rings is 1. The molecule has 120 valence electrons. The first-order valence-corrected chi connectivity index (χ1v) is 8.61. The highest BCUT2D eigenvalue weighted by molar-refractivity contribution is 7.82. The molecule has 2 aromatic rings. The number of nitrogens with zero attached hydrogens (tertiary/aromatic N) is 2. The summed E-state index contributed by atoms with van der Waals surface area (Å²) in [6.07, 6.45) is 2.60. The summed E-state index contributed by atoms with van der Waals surface area (Å²) in [5, 5.41) is 3.37. The van der Waals surface area contributed by atoms with Crippen molar-refractivity contribution in [3.63, 3.8) is 0 Å². The fourth-order valence-electron chi connectivity index (χ4n) is 2.30. The fourth-order valence-corrected chi connectivity index (χ4v) is 3.38. The number of aromatic nitrogens is 1. The van der Waals surface area contributed by atoms with Crippen molar-refractivity contribution in [1.29, 1.82) is 0 Å². The molecule has 0 radical (unpaired) electrons. The van der Waals surface area contributed by atoms with Crippen molar-refractivity contribution in [2.75, 3.05) is 31.6 Å². The molecule has 0 spiro atoms. The third kappa shape index (κ3) is 4.34. The maximum atomic E-state index is 12.2. The van der Waals surface area contributed by atoms with Crippen LogP contribution in [-0.2, 0) is 16.0 Å². The van der Waals surface area contributed by atoms with E-state index in [1.54, 1.807) is 6.20 Å². The summed E-state index contributed by atoms with van der Waals surface area (Å²) in [4.78, 5) is 19.7. The zero-order valence-corrected chi connectivity index (χ0v) is 14.2. The van der Waals surface area contributed by atoms with E-state index in [9.17, 15) is 4.79 Å². The topological polar surface area (TPSA) is 54.5 Å². The number of benzene rings is 1. The van der Waals surface area contributed by atoms with Crippen LogP contribution in [0.15, 0.2) is 36.5 Å². The summed E-state index contributed by atoms with van der Waals surface area (Å²) in [7, 11) is 0. The second kappa shape index (κ2) is 7.63. The van der Waals surface area contributed by atoms with Crippen LogP contribution in [0.3, 0.4) is 0 Å². The molecule has 1 N–H and O–H groups in total. The highest BCUT2D eigenvalue weighted by Gasteiger charge is 2.20. The highest BCUT2D eigenvalue weighted by atomic mass is 32.1. The number of carbonyl (C=O) groups is 1. The molecule has 23 heavy (non-hydrogen) atoms. The van der Waals surface area contributed by atoms with Gasteiger partial charge in [0.05, 0.1) is 13.2 Å². The Hall–Kier alpha value is -1.83. The Morgan fingerprint density at radius 1 is 1.30 bits per heavy atom. The molecular formula is C16H17N3O2S2. The van der Waals surface area contributed by atoms with Crippen LogP contribution in [-0.4, -0.2) is 47.1 Å². The molecule has 5 nitrogen and oxygen atoms in total. The van der Waals surface area contributed by atoms with Crippen LogP contribution in [0.2, 0.25) is 0 Å². The van der Waals surface area contributed by atoms with Crippen molar-refractivity contribution in [2.24, 2.45) is 0 Å². The number of nitrogens with one attached hydrogen (secondary N) is 1. The van der Waals surface area contributed by atoms with Crippen molar-refractivity contribution in [1.82, 2.24) is 9.88 Å². The Balaban J connectivity index is 1.57. The van der Waals surface area contributed by atoms with E-state index in [0.29, 0.717) is 36.4 Å². The number of hydrogen-bond donors (Lipinski definition) is 1. The van der Waals surface area contributed by atoms with Crippen LogP contribution >= 0.6 is 23.6 Å². The summed E-state index contributed by atoms with van der Waals surface area (Å²) in [6, 6.07) is 10.2. The van der Waals surface area contributed by atoms with Crippen LogP contribution < -0.4 is 5.32 Å². The van der Waals surface area contributed by atoms with E-state index in [1.807, 2.05) is 23.1 Å². The minimum Gasteiger partial charge on any atom is -0.378 e. The number of thiocarbonyl (C=S) groups is 1. The molecule has 7 heteroatoms. The Kier molecular flexibility index (Phi) is 5.32. The van der Waals surface area contributed by atoms with Gasteiger partial charge in [-0.2, -0.15) is 0 Å². The molecule has 1 amide bonds. The van der Waals surface area contributed by atoms with Gasteiger partial charge in [-0.15, -0.1) is 11.3 Å². The zero-order chi connectivity index (χ0) is 16.1. The predicted octanol–water partition coefficient (Wildman–Crippen LogP) is 2.33. The summed E-state index contributed by atoms with van der Waals surface area (Å²) in [5.74, 6) is -0.275. The number of rotatable bonds is 3. The second-order valence-corrected chi connectivity index (χ2v) is 6.65. The van der Waals surface area contributed by atoms with Crippen LogP contribution in [0.1, 0.15) is 10.4 Å². The normalized spacial score (nSPS) is 14.5. The Morgan fingerprint density at radius 2 is 2.04 bits per heavy atom. The van der Waals surface area contributed by atoms with Gasteiger partial charge in [-0.1, -0.05) is 42.5 Å². The lowest BCUT2D eigenvalue weighted by atomic mass is 10.1. The van der Waals surface area contributed by atoms with Gasteiger partial charge in [-0.25, -0.2) is 4.98 Å². The van der Waals surface area contributed by atoms with Crippen molar-refractivity contribution in [3.8, 4) is 0 Å². The van der Waals surface area contributed by atoms with Crippen LogP contribution in [0.5, 0.6) is 0 Å². The maximum Gasteiger partial charge on any atom is 0.285 e. The summed E-state index contributed by atoms with van der Waals surface area (Å²) in [6.45, 7) is 2.52. The molecule has 1 saturated heterocycles. The van der Waals surface area contributed by atoms with E-state index in [2.05, 4.69) is 22.4 Å². The molecule has 0 atom stereocenters. The van der Waals surface area contributed by atoms with E-state index < -0.39 is 0 Å². The number of thiazole rings is 1. The fraction of sp³-hybridized carbons (Fsp3) is 0.312. The van der Waals surface area contributed by atoms with Gasteiger partial charge >= 0.3 is 0 Å². The van der Waals surface area contributed by atoms with E-state index in [4.69, 9.17) is 17.0 Å². The monoisotopic (exact) mass is 347 g/mol. The van der Waals surface area contributed by atoms with Gasteiger partial charge in [-0.3, -0.25) is 10.1 Å². The SMILES string of the molecule is O=C(Nc1ncc(Cc2ccccc2)s1)C(=S)N1CCOCC1. The summed E-state index contributed by atoms with van der Waals surface area (Å²) in [5.41, 5.74) is 1.22. The number of ether oxygens (including phenoxy) is 1. The van der Waals surface area contributed by atoms with Gasteiger partial charge in [0.25, 0.3) is 5.91 Å². The molecule has 0 bridgehead atoms. The smallest absolute Gasteiger partial charge is 0.285 e. The zero-order valence-electron chi connectivity index (χ0n) is 12.5. The standard InChI is InChI=1S/C16H17N3O2S2/c20-14(15(22)19-6-8-21-9-7-19)18-16-17-11-13(23-16)10-12-4-2-1-3-5-12/h1-5,11H,6-10H2,(H,17,18,20). The summed E-state index contributed by atoms with van der Waals surface area (Å²) < 4.78 is 5.26. The van der Waals surface area contributed by atoms with Gasteiger partial charge in [0.2, 0.25) is 0 Å². The minimum absolute atomic E-state index is 0.275. The third-order valence-electron chi connectivity index (χ3n) is 3.49. The lowest BCUT2D eigenvalue weighted by molar-refractivity contribution is -0.111. The molecule has 3 rings (SSSR count). The van der Waals surface area contributed by atoms with Crippen molar-refractivity contribution < 1.29 is 9.53 Å². The van der Waals surface area contributed by atoms with Crippen molar-refractivity contribution in [3.05, 3.63) is 47.0 Å². The number of carbonyl (C=O) groups excluding carboxylic acids is 1. The number of amides is 1. The van der Waals surface area contributed by atoms with E-state index >= 15 is 0 Å². The number of anilines is 1. The molecule has 1 aliphatic heterocycles. The predicted molar refractivity (Wildman–Crippen MR) is 95.0 cm³/mol. The Bertz CT molecular complexity index is 682. The van der Waals surface area contributed by atoms with Gasteiger partial charge in [0, 0.05) is 30.6 Å². The molecular weight excluding hydrogens is 330 g/mol. The molecule has 2 heterocycles. The third-order valence-corrected chi connectivity index (χ3v) is 4.84. The minimum atomic E-state index is -0.275. The first-order valence-electron chi connectivity index (χ1n) is 7.39. The molecule has 1 aliphatic rings. The first kappa shape index (κ1) is 16.0. The van der Waals surface area contributed by atoms with Gasteiger partial charge < -0.3 is 9.64 Å². The van der Waals surface area contributed by atoms with Crippen LogP contribution in [0.4, 0.5) is 5.13 Å². The van der Waals surface area contributed by atoms with Gasteiger partial charge in [-0.05, 0) is 5.56 Å². The molecule has 0 aliphatic carbocycles. The van der Waals surface area contributed by atoms with Crippen LogP contribution in [0.25, 0.3) is 0 Å². The largest absolute Gasteiger partial charge is 0.378 e. The molecule has 1 aromatic heterocycles. The van der Waals surface area contributed by atoms with E-state index in [1.165, 1.54) is 16.9 Å². The quantitative estimate of drug-likeness (QED) is 0.864. The first-order chi connectivity index (χ1) is 11.2. The Labute approximate surface area is 144 Å². The van der Waals surface area contributed by atoms with Crippen molar-refractivity contribution >= 4 is 39.6 Å². The van der Waals surface area contributed by atoms with Gasteiger partial charge in [0.1, 0.15) is 0 Å². The molecule has 0 saturated carbocycles. The lowest BCUT2D eigenvalue weighted by Gasteiger charge is -2.28. The average molecular weight is 347 g/mol. The van der Waals surface area contributed by atoms with Crippen molar-refractivity contribution in [2.45, 2.75) is 6.42 Å². The Morgan fingerprint density at radius 3 is 2.78 bits per heavy atom. The van der Waals surface area contributed by atoms with E-state index in [0.717, 1.165) is 11.3 Å². The lowest BCUT2D eigenvalue weighted by Crippen LogP contribution is -2.44. The van der Waals surface area contributed by atoms with Gasteiger partial charge in [0.15, 0.2) is 10.1 Å². The highest BCUT2D eigenvalue weighted by Crippen LogP contribution is 2.21. The maximum absolute atomic E-state index is 12.2. The van der Waals surface area contributed by atoms with E-state index in [-0.39, 0.29) is 5.91 Å².